The number of nitrogens with zero attached hydrogens (tertiary/aromatic N) is 2. The second kappa shape index (κ2) is 6.81. The fourth-order valence-electron chi connectivity index (χ4n) is 2.54. The summed E-state index contributed by atoms with van der Waals surface area (Å²) >= 11 is 0. The molecule has 1 aliphatic heterocycles. The van der Waals surface area contributed by atoms with E-state index >= 15 is 0 Å². The molecule has 0 aromatic carbocycles. The van der Waals surface area contributed by atoms with Gasteiger partial charge in [0.1, 0.15) is 12.1 Å². The van der Waals surface area contributed by atoms with Crippen molar-refractivity contribution in [2.75, 3.05) is 13.1 Å². The minimum Gasteiger partial charge on any atom is -0.386 e. The van der Waals surface area contributed by atoms with Gasteiger partial charge in [-0.1, -0.05) is 13.8 Å². The fraction of sp³-hybridized carbons (Fsp3) is 0.600. The predicted octanol–water partition coefficient (Wildman–Crippen LogP) is 1.10. The lowest BCUT2D eigenvalue weighted by atomic mass is 10.0. The summed E-state index contributed by atoms with van der Waals surface area (Å²) < 4.78 is 0. The van der Waals surface area contributed by atoms with Crippen molar-refractivity contribution in [3.05, 3.63) is 30.1 Å². The van der Waals surface area contributed by atoms with Gasteiger partial charge in [0.05, 0.1) is 0 Å². The molecule has 1 fully saturated rings. The van der Waals surface area contributed by atoms with Crippen molar-refractivity contribution in [2.24, 2.45) is 0 Å². The maximum absolute atomic E-state index is 12.6. The molecule has 2 N–H and O–H groups in total. The number of hydrogen-bond donors (Lipinski definition) is 2. The van der Waals surface area contributed by atoms with Crippen molar-refractivity contribution >= 4 is 5.91 Å². The van der Waals surface area contributed by atoms with Crippen LogP contribution in [0, 0.1) is 0 Å². The molecule has 0 radical (unpaired) electrons. The average Bonchev–Trinajstić information content (AvgIpc) is 2.98. The molecule has 1 aromatic heterocycles. The van der Waals surface area contributed by atoms with Crippen molar-refractivity contribution in [1.82, 2.24) is 15.2 Å². The molecule has 1 saturated heterocycles. The summed E-state index contributed by atoms with van der Waals surface area (Å²) in [5, 5.41) is 13.7. The normalized spacial score (nSPS) is 18.3. The molecule has 2 atom stereocenters. The number of amides is 1. The Balaban J connectivity index is 2.16. The number of likely N-dealkylation sites (tertiary alicyclic amines) is 1. The number of nitrogens with one attached hydrogen (secondary N) is 1. The van der Waals surface area contributed by atoms with Crippen molar-refractivity contribution in [3.8, 4) is 0 Å². The minimum absolute atomic E-state index is 0.0134. The molecule has 0 aliphatic carbocycles. The SMILES string of the molecule is CC(C)NC(C(=O)N1CCCC1)C(O)c1ccncc1. The molecule has 1 aromatic rings. The van der Waals surface area contributed by atoms with Gasteiger partial charge in [-0.15, -0.1) is 0 Å². The van der Waals surface area contributed by atoms with Gasteiger partial charge in [0.15, 0.2) is 0 Å². The first-order valence-electron chi connectivity index (χ1n) is 7.22. The van der Waals surface area contributed by atoms with E-state index in [-0.39, 0.29) is 11.9 Å². The summed E-state index contributed by atoms with van der Waals surface area (Å²) in [6.45, 7) is 5.53. The Morgan fingerprint density at radius 3 is 2.45 bits per heavy atom. The standard InChI is InChI=1S/C15H23N3O2/c1-11(2)17-13(15(20)18-9-3-4-10-18)14(19)12-5-7-16-8-6-12/h5-8,11,13-14,17,19H,3-4,9-10H2,1-2H3. The summed E-state index contributed by atoms with van der Waals surface area (Å²) in [6.07, 6.45) is 4.50. The summed E-state index contributed by atoms with van der Waals surface area (Å²) in [5.41, 5.74) is 0.714. The number of aliphatic hydroxyl groups is 1. The lowest BCUT2D eigenvalue weighted by Gasteiger charge is -2.29. The number of aliphatic hydroxyl groups excluding tert-OH is 1. The maximum Gasteiger partial charge on any atom is 0.242 e. The van der Waals surface area contributed by atoms with E-state index < -0.39 is 12.1 Å². The summed E-state index contributed by atoms with van der Waals surface area (Å²) in [4.78, 5) is 18.4. The highest BCUT2D eigenvalue weighted by atomic mass is 16.3. The number of carbonyl (C=O) groups is 1. The van der Waals surface area contributed by atoms with E-state index in [4.69, 9.17) is 0 Å². The van der Waals surface area contributed by atoms with Crippen LogP contribution in [-0.2, 0) is 4.79 Å². The fourth-order valence-corrected chi connectivity index (χ4v) is 2.54. The van der Waals surface area contributed by atoms with Crippen LogP contribution < -0.4 is 5.32 Å². The highest BCUT2D eigenvalue weighted by molar-refractivity contribution is 5.83. The summed E-state index contributed by atoms with van der Waals surface area (Å²) in [6, 6.07) is 3.02. The van der Waals surface area contributed by atoms with Gasteiger partial charge in [0.25, 0.3) is 0 Å². The number of pyridine rings is 1. The zero-order valence-corrected chi connectivity index (χ0v) is 12.1. The van der Waals surface area contributed by atoms with Crippen LogP contribution in [0.25, 0.3) is 0 Å². The molecule has 5 heteroatoms. The smallest absolute Gasteiger partial charge is 0.242 e. The Labute approximate surface area is 120 Å². The molecule has 5 nitrogen and oxygen atoms in total. The maximum atomic E-state index is 12.6. The van der Waals surface area contributed by atoms with Crippen LogP contribution in [0.1, 0.15) is 38.4 Å². The van der Waals surface area contributed by atoms with E-state index in [1.165, 1.54) is 0 Å². The molecular weight excluding hydrogens is 254 g/mol. The third-order valence-electron chi connectivity index (χ3n) is 3.56. The van der Waals surface area contributed by atoms with Crippen molar-refractivity contribution in [1.29, 1.82) is 0 Å². The molecule has 0 spiro atoms. The van der Waals surface area contributed by atoms with E-state index in [0.29, 0.717) is 5.56 Å². The Kier molecular flexibility index (Phi) is 5.09. The van der Waals surface area contributed by atoms with Crippen molar-refractivity contribution < 1.29 is 9.90 Å². The van der Waals surface area contributed by atoms with Crippen molar-refractivity contribution in [3.63, 3.8) is 0 Å². The third kappa shape index (κ3) is 3.55. The first-order valence-corrected chi connectivity index (χ1v) is 7.22. The van der Waals surface area contributed by atoms with E-state index in [1.807, 2.05) is 18.7 Å². The van der Waals surface area contributed by atoms with Gasteiger partial charge < -0.3 is 15.3 Å². The van der Waals surface area contributed by atoms with E-state index in [0.717, 1.165) is 25.9 Å². The second-order valence-electron chi connectivity index (χ2n) is 5.56. The zero-order chi connectivity index (χ0) is 14.5. The molecule has 2 heterocycles. The number of aromatic nitrogens is 1. The largest absolute Gasteiger partial charge is 0.386 e. The van der Waals surface area contributed by atoms with Crippen LogP contribution in [0.4, 0.5) is 0 Å². The molecule has 2 unspecified atom stereocenters. The van der Waals surface area contributed by atoms with Gasteiger partial charge in [0.2, 0.25) is 5.91 Å². The van der Waals surface area contributed by atoms with Crippen LogP contribution in [0.15, 0.2) is 24.5 Å². The van der Waals surface area contributed by atoms with Gasteiger partial charge in [-0.25, -0.2) is 0 Å². The zero-order valence-electron chi connectivity index (χ0n) is 12.1. The van der Waals surface area contributed by atoms with Crippen LogP contribution in [0.2, 0.25) is 0 Å². The Morgan fingerprint density at radius 2 is 1.90 bits per heavy atom. The molecule has 2 rings (SSSR count). The van der Waals surface area contributed by atoms with Gasteiger partial charge in [0, 0.05) is 31.5 Å². The topological polar surface area (TPSA) is 65.5 Å². The number of rotatable bonds is 5. The quantitative estimate of drug-likeness (QED) is 0.846. The Bertz CT molecular complexity index is 430. The number of carbonyl (C=O) groups excluding carboxylic acids is 1. The molecule has 1 aliphatic rings. The molecule has 0 bridgehead atoms. The van der Waals surface area contributed by atoms with Crippen molar-refractivity contribution in [2.45, 2.75) is 44.9 Å². The van der Waals surface area contributed by atoms with E-state index in [1.54, 1.807) is 24.5 Å². The monoisotopic (exact) mass is 277 g/mol. The highest BCUT2D eigenvalue weighted by Crippen LogP contribution is 2.20. The molecular formula is C15H23N3O2. The van der Waals surface area contributed by atoms with Crippen LogP contribution in [-0.4, -0.2) is 46.1 Å². The van der Waals surface area contributed by atoms with Gasteiger partial charge >= 0.3 is 0 Å². The van der Waals surface area contributed by atoms with Gasteiger partial charge in [-0.3, -0.25) is 9.78 Å². The molecule has 110 valence electrons. The first-order chi connectivity index (χ1) is 9.59. The third-order valence-corrected chi connectivity index (χ3v) is 3.56. The predicted molar refractivity (Wildman–Crippen MR) is 77.1 cm³/mol. The summed E-state index contributed by atoms with van der Waals surface area (Å²) in [7, 11) is 0. The number of hydrogen-bond acceptors (Lipinski definition) is 4. The molecule has 20 heavy (non-hydrogen) atoms. The van der Waals surface area contributed by atoms with Gasteiger partial charge in [-0.05, 0) is 30.5 Å². The lowest BCUT2D eigenvalue weighted by molar-refractivity contribution is -0.135. The Hall–Kier alpha value is -1.46. The van der Waals surface area contributed by atoms with Crippen LogP contribution in [0.3, 0.4) is 0 Å². The van der Waals surface area contributed by atoms with Crippen LogP contribution in [0.5, 0.6) is 0 Å². The average molecular weight is 277 g/mol. The molecule has 0 saturated carbocycles. The van der Waals surface area contributed by atoms with Gasteiger partial charge in [-0.2, -0.15) is 0 Å². The Morgan fingerprint density at radius 1 is 1.30 bits per heavy atom. The van der Waals surface area contributed by atoms with Crippen LogP contribution >= 0.6 is 0 Å². The summed E-state index contributed by atoms with van der Waals surface area (Å²) in [5.74, 6) is -0.0134. The van der Waals surface area contributed by atoms with E-state index in [9.17, 15) is 9.90 Å². The minimum atomic E-state index is -0.853. The second-order valence-corrected chi connectivity index (χ2v) is 5.56. The highest BCUT2D eigenvalue weighted by Gasteiger charge is 2.32. The lowest BCUT2D eigenvalue weighted by Crippen LogP contribution is -2.51. The van der Waals surface area contributed by atoms with E-state index in [2.05, 4.69) is 10.3 Å². The first kappa shape index (κ1) is 14.9. The molecule has 1 amide bonds.